The number of nitrogens with one attached hydrogen (secondary N) is 1. The van der Waals surface area contributed by atoms with Crippen LogP contribution in [-0.2, 0) is 21.0 Å². The Kier molecular flexibility index (Phi) is 8.00. The minimum absolute atomic E-state index is 0.0184. The first-order valence-corrected chi connectivity index (χ1v) is 11.8. The van der Waals surface area contributed by atoms with Gasteiger partial charge in [0.05, 0.1) is 11.5 Å². The number of halogens is 4. The number of amides is 1. The third-order valence-corrected chi connectivity index (χ3v) is 6.27. The molecule has 0 saturated carbocycles. The van der Waals surface area contributed by atoms with Gasteiger partial charge in [-0.1, -0.05) is 36.4 Å². The standard InChI is InChI=1S/C25H21F4NO5S/c26-21-13-20(23(31)30-35-24(32)16-9-11-33-12-10-16)22(19-4-2-1-3-18(19)21)34-14-15-5-7-17(8-6-15)36-25(27,28)29/h1-8,13,16H,9-12,14H2,(H,30,31). The molecule has 1 N–H and O–H groups in total. The number of ether oxygens (including phenoxy) is 2. The Morgan fingerprint density at radius 2 is 1.69 bits per heavy atom. The number of rotatable bonds is 6. The summed E-state index contributed by atoms with van der Waals surface area (Å²) in [7, 11) is 0. The van der Waals surface area contributed by atoms with Crippen molar-refractivity contribution in [1.29, 1.82) is 0 Å². The van der Waals surface area contributed by atoms with Crippen LogP contribution in [-0.4, -0.2) is 30.6 Å². The average molecular weight is 524 g/mol. The molecule has 1 amide bonds. The summed E-state index contributed by atoms with van der Waals surface area (Å²) in [6.45, 7) is 0.726. The number of hydrogen-bond acceptors (Lipinski definition) is 6. The number of fused-ring (bicyclic) bond motifs is 1. The fraction of sp³-hybridized carbons (Fsp3) is 0.280. The summed E-state index contributed by atoms with van der Waals surface area (Å²) in [6.07, 6.45) is 0.932. The normalized spacial score (nSPS) is 14.4. The molecule has 1 fully saturated rings. The molecule has 0 aliphatic carbocycles. The lowest BCUT2D eigenvalue weighted by molar-refractivity contribution is -0.157. The van der Waals surface area contributed by atoms with E-state index < -0.39 is 29.1 Å². The van der Waals surface area contributed by atoms with Crippen molar-refractivity contribution in [3.8, 4) is 5.75 Å². The van der Waals surface area contributed by atoms with Crippen molar-refractivity contribution >= 4 is 34.4 Å². The van der Waals surface area contributed by atoms with Gasteiger partial charge >= 0.3 is 11.5 Å². The van der Waals surface area contributed by atoms with E-state index in [0.717, 1.165) is 6.07 Å². The van der Waals surface area contributed by atoms with Crippen LogP contribution in [0.1, 0.15) is 28.8 Å². The topological polar surface area (TPSA) is 73.9 Å². The molecule has 0 atom stereocenters. The summed E-state index contributed by atoms with van der Waals surface area (Å²) in [5, 5.41) is 0.517. The van der Waals surface area contributed by atoms with Gasteiger partial charge in [0.2, 0.25) is 0 Å². The van der Waals surface area contributed by atoms with Crippen molar-refractivity contribution in [2.24, 2.45) is 5.92 Å². The molecule has 1 aliphatic heterocycles. The van der Waals surface area contributed by atoms with Crippen LogP contribution in [0.5, 0.6) is 5.75 Å². The predicted molar refractivity (Wildman–Crippen MR) is 124 cm³/mol. The Bertz CT molecular complexity index is 1240. The molecule has 1 aliphatic rings. The van der Waals surface area contributed by atoms with E-state index in [1.54, 1.807) is 18.2 Å². The summed E-state index contributed by atoms with van der Waals surface area (Å²) >= 11 is -0.232. The van der Waals surface area contributed by atoms with Crippen LogP contribution in [0.15, 0.2) is 59.5 Å². The number of benzene rings is 3. The monoisotopic (exact) mass is 523 g/mol. The Morgan fingerprint density at radius 1 is 1.03 bits per heavy atom. The number of hydroxylamine groups is 1. The molecule has 4 rings (SSSR count). The van der Waals surface area contributed by atoms with Gasteiger partial charge in [0.1, 0.15) is 18.2 Å². The van der Waals surface area contributed by atoms with Crippen LogP contribution in [0.2, 0.25) is 0 Å². The van der Waals surface area contributed by atoms with E-state index >= 15 is 0 Å². The van der Waals surface area contributed by atoms with E-state index in [9.17, 15) is 27.2 Å². The summed E-state index contributed by atoms with van der Waals surface area (Å²) in [5.74, 6) is -2.55. The van der Waals surface area contributed by atoms with Gasteiger partial charge in [-0.05, 0) is 48.4 Å². The average Bonchev–Trinajstić information content (AvgIpc) is 2.87. The Hall–Kier alpha value is -3.31. The van der Waals surface area contributed by atoms with Crippen LogP contribution < -0.4 is 10.2 Å². The molecule has 1 heterocycles. The molecule has 3 aromatic carbocycles. The minimum Gasteiger partial charge on any atom is -0.487 e. The SMILES string of the molecule is O=C(NOC(=O)C1CCOCC1)c1cc(F)c2ccccc2c1OCc1ccc(SC(F)(F)F)cc1. The maximum atomic E-state index is 14.8. The third kappa shape index (κ3) is 6.46. The second-order valence-electron chi connectivity index (χ2n) is 8.00. The molecule has 0 spiro atoms. The summed E-state index contributed by atoms with van der Waals surface area (Å²) < 4.78 is 63.5. The van der Waals surface area contributed by atoms with Gasteiger partial charge in [0.25, 0.3) is 5.91 Å². The van der Waals surface area contributed by atoms with Gasteiger partial charge in [-0.25, -0.2) is 9.18 Å². The lowest BCUT2D eigenvalue weighted by Gasteiger charge is -2.20. The van der Waals surface area contributed by atoms with E-state index in [2.05, 4.69) is 5.48 Å². The highest BCUT2D eigenvalue weighted by Crippen LogP contribution is 2.37. The maximum Gasteiger partial charge on any atom is 0.446 e. The fourth-order valence-corrected chi connectivity index (χ4v) is 4.28. The maximum absolute atomic E-state index is 14.8. The fourth-order valence-electron chi connectivity index (χ4n) is 3.74. The van der Waals surface area contributed by atoms with Crippen molar-refractivity contribution in [2.45, 2.75) is 29.9 Å². The van der Waals surface area contributed by atoms with E-state index in [4.69, 9.17) is 14.3 Å². The van der Waals surface area contributed by atoms with E-state index in [1.165, 1.54) is 30.3 Å². The number of alkyl halides is 3. The molecule has 0 bridgehead atoms. The molecule has 190 valence electrons. The number of hydrogen-bond donors (Lipinski definition) is 1. The lowest BCUT2D eigenvalue weighted by Crippen LogP contribution is -2.33. The van der Waals surface area contributed by atoms with Crippen molar-refractivity contribution in [2.75, 3.05) is 13.2 Å². The van der Waals surface area contributed by atoms with Crippen LogP contribution >= 0.6 is 11.8 Å². The van der Waals surface area contributed by atoms with E-state index in [1.807, 2.05) is 0 Å². The molecule has 1 saturated heterocycles. The second kappa shape index (κ2) is 11.2. The van der Waals surface area contributed by atoms with Crippen molar-refractivity contribution < 1.29 is 41.5 Å². The van der Waals surface area contributed by atoms with Crippen LogP contribution in [0.25, 0.3) is 10.8 Å². The Balaban J connectivity index is 1.53. The zero-order valence-electron chi connectivity index (χ0n) is 18.8. The van der Waals surface area contributed by atoms with Crippen molar-refractivity contribution in [3.05, 3.63) is 71.5 Å². The quantitative estimate of drug-likeness (QED) is 0.251. The van der Waals surface area contributed by atoms with Gasteiger partial charge < -0.3 is 14.3 Å². The van der Waals surface area contributed by atoms with Crippen LogP contribution in [0, 0.1) is 11.7 Å². The molecular formula is C25H21F4NO5S. The van der Waals surface area contributed by atoms with Gasteiger partial charge in [-0.15, -0.1) is 0 Å². The van der Waals surface area contributed by atoms with Crippen molar-refractivity contribution in [1.82, 2.24) is 5.48 Å². The highest BCUT2D eigenvalue weighted by atomic mass is 32.2. The molecule has 6 nitrogen and oxygen atoms in total. The third-order valence-electron chi connectivity index (χ3n) is 5.53. The molecule has 0 aromatic heterocycles. The number of thioether (sulfide) groups is 1. The molecule has 0 radical (unpaired) electrons. The Morgan fingerprint density at radius 3 is 2.36 bits per heavy atom. The number of carbonyl (C=O) groups excluding carboxylic acids is 2. The molecule has 36 heavy (non-hydrogen) atoms. The zero-order valence-corrected chi connectivity index (χ0v) is 19.6. The predicted octanol–water partition coefficient (Wildman–Crippen LogP) is 5.78. The molecule has 11 heteroatoms. The number of carbonyl (C=O) groups is 2. The first-order valence-electron chi connectivity index (χ1n) is 11.0. The van der Waals surface area contributed by atoms with E-state index in [0.29, 0.717) is 37.0 Å². The first kappa shape index (κ1) is 25.8. The van der Waals surface area contributed by atoms with Crippen LogP contribution in [0.4, 0.5) is 17.6 Å². The van der Waals surface area contributed by atoms with Gasteiger partial charge in [0, 0.05) is 28.9 Å². The first-order chi connectivity index (χ1) is 17.2. The summed E-state index contributed by atoms with van der Waals surface area (Å²) in [6, 6.07) is 12.9. The molecule has 3 aromatic rings. The van der Waals surface area contributed by atoms with E-state index in [-0.39, 0.29) is 40.0 Å². The second-order valence-corrected chi connectivity index (χ2v) is 9.14. The summed E-state index contributed by atoms with van der Waals surface area (Å²) in [4.78, 5) is 30.1. The minimum atomic E-state index is -4.40. The zero-order chi connectivity index (χ0) is 25.7. The van der Waals surface area contributed by atoms with Crippen molar-refractivity contribution in [3.63, 3.8) is 0 Å². The van der Waals surface area contributed by atoms with Gasteiger partial charge in [-0.2, -0.15) is 18.7 Å². The summed E-state index contributed by atoms with van der Waals surface area (Å²) in [5.41, 5.74) is -2.00. The lowest BCUT2D eigenvalue weighted by atomic mass is 10.0. The highest BCUT2D eigenvalue weighted by molar-refractivity contribution is 8.00. The molecule has 0 unspecified atom stereocenters. The largest absolute Gasteiger partial charge is 0.487 e. The van der Waals surface area contributed by atoms with Crippen LogP contribution in [0.3, 0.4) is 0 Å². The molecular weight excluding hydrogens is 502 g/mol. The smallest absolute Gasteiger partial charge is 0.446 e. The van der Waals surface area contributed by atoms with Gasteiger partial charge in [0.15, 0.2) is 0 Å². The Labute approximate surface area is 207 Å². The highest BCUT2D eigenvalue weighted by Gasteiger charge is 2.29. The van der Waals surface area contributed by atoms with Gasteiger partial charge in [-0.3, -0.25) is 4.79 Å².